The van der Waals surface area contributed by atoms with Gasteiger partial charge in [0.2, 0.25) is 0 Å². The van der Waals surface area contributed by atoms with Crippen LogP contribution in [-0.4, -0.2) is 20.4 Å². The van der Waals surface area contributed by atoms with E-state index in [1.807, 2.05) is 6.20 Å². The molecule has 0 spiro atoms. The van der Waals surface area contributed by atoms with Gasteiger partial charge < -0.3 is 11.1 Å². The summed E-state index contributed by atoms with van der Waals surface area (Å²) in [7, 11) is 0. The van der Waals surface area contributed by atoms with Crippen molar-refractivity contribution in [3.8, 4) is 0 Å². The first-order chi connectivity index (χ1) is 8.70. The molecule has 6 heteroatoms. The van der Waals surface area contributed by atoms with E-state index in [1.54, 1.807) is 6.20 Å². The van der Waals surface area contributed by atoms with Crippen molar-refractivity contribution < 1.29 is 0 Å². The number of hydrogen-bond acceptors (Lipinski definition) is 4. The Balaban J connectivity index is 1.99. The van der Waals surface area contributed by atoms with E-state index in [1.165, 1.54) is 25.7 Å². The summed E-state index contributed by atoms with van der Waals surface area (Å²) in [6, 6.07) is 0.675. The third-order valence-electron chi connectivity index (χ3n) is 4.29. The van der Waals surface area contributed by atoms with Gasteiger partial charge in [0.25, 0.3) is 0 Å². The molecule has 5 nitrogen and oxygen atoms in total. The van der Waals surface area contributed by atoms with Gasteiger partial charge in [-0.05, 0) is 48.3 Å². The average molecular weight is 355 g/mol. The van der Waals surface area contributed by atoms with Gasteiger partial charge in [-0.1, -0.05) is 0 Å². The van der Waals surface area contributed by atoms with E-state index in [2.05, 4.69) is 37.3 Å². The van der Waals surface area contributed by atoms with Gasteiger partial charge in [-0.2, -0.15) is 0 Å². The fourth-order valence-corrected chi connectivity index (χ4v) is 4.20. The maximum atomic E-state index is 5.97. The topological polar surface area (TPSA) is 68.2 Å². The standard InChI is InChI=1S/C12H14IN5/c13-9-8-10(14)15-5-6-18(8)11(16-9)12-3-1-7(17-12)2-4-12/h5-7,17H,1-4H2,(H2,14,15). The number of halogens is 1. The second kappa shape index (κ2) is 3.57. The van der Waals surface area contributed by atoms with Gasteiger partial charge in [0.15, 0.2) is 5.82 Å². The lowest BCUT2D eigenvalue weighted by Crippen LogP contribution is -2.35. The summed E-state index contributed by atoms with van der Waals surface area (Å²) in [5.41, 5.74) is 6.97. The van der Waals surface area contributed by atoms with Crippen molar-refractivity contribution >= 4 is 33.9 Å². The molecule has 2 saturated heterocycles. The molecule has 2 bridgehead atoms. The number of aromatic nitrogens is 3. The second-order valence-electron chi connectivity index (χ2n) is 5.26. The lowest BCUT2D eigenvalue weighted by Gasteiger charge is -2.24. The number of rotatable bonds is 1. The molecule has 0 atom stereocenters. The summed E-state index contributed by atoms with van der Waals surface area (Å²) in [6.07, 6.45) is 8.59. The minimum absolute atomic E-state index is 0.0603. The van der Waals surface area contributed by atoms with Crippen LogP contribution in [0, 0.1) is 3.70 Å². The minimum Gasteiger partial charge on any atom is -0.382 e. The molecule has 18 heavy (non-hydrogen) atoms. The highest BCUT2D eigenvalue weighted by molar-refractivity contribution is 14.1. The SMILES string of the molecule is Nc1nccn2c(C34CCC(CC3)N4)nc(I)c12. The summed E-state index contributed by atoms with van der Waals surface area (Å²) >= 11 is 2.25. The quantitative estimate of drug-likeness (QED) is 0.764. The van der Waals surface area contributed by atoms with E-state index in [-0.39, 0.29) is 5.54 Å². The number of fused-ring (bicyclic) bond motifs is 3. The fraction of sp³-hybridized carbons (Fsp3) is 0.500. The van der Waals surface area contributed by atoms with Crippen LogP contribution in [-0.2, 0) is 5.54 Å². The molecule has 3 N–H and O–H groups in total. The molecule has 0 saturated carbocycles. The van der Waals surface area contributed by atoms with Crippen LogP contribution in [0.15, 0.2) is 12.4 Å². The van der Waals surface area contributed by atoms with Gasteiger partial charge in [0, 0.05) is 18.4 Å². The zero-order valence-corrected chi connectivity index (χ0v) is 12.0. The maximum Gasteiger partial charge on any atom is 0.150 e. The normalized spacial score (nSPS) is 30.4. The minimum atomic E-state index is 0.0603. The second-order valence-corrected chi connectivity index (χ2v) is 6.28. The highest BCUT2D eigenvalue weighted by atomic mass is 127. The third kappa shape index (κ3) is 1.30. The molecular weight excluding hydrogens is 341 g/mol. The molecule has 2 aromatic heterocycles. The molecule has 0 unspecified atom stereocenters. The first-order valence-corrected chi connectivity index (χ1v) is 7.34. The predicted octanol–water partition coefficient (Wildman–Crippen LogP) is 1.66. The fourth-order valence-electron chi connectivity index (χ4n) is 3.44. The van der Waals surface area contributed by atoms with Crippen molar-refractivity contribution in [2.45, 2.75) is 37.3 Å². The Labute approximate surface area is 118 Å². The van der Waals surface area contributed by atoms with Crippen molar-refractivity contribution in [3.05, 3.63) is 21.9 Å². The van der Waals surface area contributed by atoms with Crippen molar-refractivity contribution in [1.29, 1.82) is 0 Å². The Hall–Kier alpha value is -0.890. The lowest BCUT2D eigenvalue weighted by molar-refractivity contribution is 0.375. The van der Waals surface area contributed by atoms with Crippen LogP contribution in [0.25, 0.3) is 5.52 Å². The van der Waals surface area contributed by atoms with E-state index < -0.39 is 0 Å². The molecule has 2 aliphatic rings. The number of nitrogens with one attached hydrogen (secondary N) is 1. The summed E-state index contributed by atoms with van der Waals surface area (Å²) in [5, 5.41) is 3.73. The molecule has 0 aromatic carbocycles. The van der Waals surface area contributed by atoms with Crippen molar-refractivity contribution in [1.82, 2.24) is 19.7 Å². The van der Waals surface area contributed by atoms with Crippen LogP contribution >= 0.6 is 22.6 Å². The Morgan fingerprint density at radius 3 is 2.89 bits per heavy atom. The highest BCUT2D eigenvalue weighted by Crippen LogP contribution is 2.45. The molecule has 2 aromatic rings. The number of nitrogen functional groups attached to an aromatic ring is 1. The Kier molecular flexibility index (Phi) is 2.18. The Morgan fingerprint density at radius 2 is 2.22 bits per heavy atom. The highest BCUT2D eigenvalue weighted by Gasteiger charge is 2.48. The summed E-state index contributed by atoms with van der Waals surface area (Å²) < 4.78 is 3.06. The molecule has 4 rings (SSSR count). The van der Waals surface area contributed by atoms with Gasteiger partial charge in [0.1, 0.15) is 15.0 Å². The molecule has 94 valence electrons. The average Bonchev–Trinajstić information content (AvgIpc) is 3.03. The van der Waals surface area contributed by atoms with Crippen LogP contribution in [0.5, 0.6) is 0 Å². The number of hydrogen-bond donors (Lipinski definition) is 2. The van der Waals surface area contributed by atoms with Crippen molar-refractivity contribution in [3.63, 3.8) is 0 Å². The van der Waals surface area contributed by atoms with Crippen LogP contribution in [0.3, 0.4) is 0 Å². The van der Waals surface area contributed by atoms with Gasteiger partial charge >= 0.3 is 0 Å². The Morgan fingerprint density at radius 1 is 1.44 bits per heavy atom. The molecule has 0 aliphatic carbocycles. The number of imidazole rings is 1. The van der Waals surface area contributed by atoms with Crippen LogP contribution in [0.4, 0.5) is 5.82 Å². The van der Waals surface area contributed by atoms with Crippen LogP contribution < -0.4 is 11.1 Å². The molecule has 2 aliphatic heterocycles. The van der Waals surface area contributed by atoms with Crippen molar-refractivity contribution in [2.75, 3.05) is 5.73 Å². The molecule has 4 heterocycles. The van der Waals surface area contributed by atoms with Gasteiger partial charge in [0.05, 0.1) is 5.54 Å². The summed E-state index contributed by atoms with van der Waals surface area (Å²) in [4.78, 5) is 8.93. The van der Waals surface area contributed by atoms with E-state index in [0.717, 1.165) is 15.0 Å². The van der Waals surface area contributed by atoms with Crippen molar-refractivity contribution in [2.24, 2.45) is 0 Å². The largest absolute Gasteiger partial charge is 0.382 e. The first kappa shape index (κ1) is 11.0. The monoisotopic (exact) mass is 355 g/mol. The van der Waals surface area contributed by atoms with Gasteiger partial charge in [-0.25, -0.2) is 9.97 Å². The zero-order valence-electron chi connectivity index (χ0n) is 9.86. The number of nitrogens with two attached hydrogens (primary N) is 1. The van der Waals surface area contributed by atoms with E-state index in [9.17, 15) is 0 Å². The first-order valence-electron chi connectivity index (χ1n) is 6.26. The predicted molar refractivity (Wildman–Crippen MR) is 77.2 cm³/mol. The van der Waals surface area contributed by atoms with Crippen LogP contribution in [0.2, 0.25) is 0 Å². The molecule has 0 radical (unpaired) electrons. The molecule has 0 amide bonds. The summed E-state index contributed by atoms with van der Waals surface area (Å²) in [6.45, 7) is 0. The number of anilines is 1. The van der Waals surface area contributed by atoms with Gasteiger partial charge in [-0.3, -0.25) is 4.40 Å². The van der Waals surface area contributed by atoms with Crippen LogP contribution in [0.1, 0.15) is 31.5 Å². The number of nitrogens with zero attached hydrogens (tertiary/aromatic N) is 3. The van der Waals surface area contributed by atoms with E-state index in [4.69, 9.17) is 10.7 Å². The molecular formula is C12H14IN5. The van der Waals surface area contributed by atoms with Gasteiger partial charge in [-0.15, -0.1) is 0 Å². The summed E-state index contributed by atoms with van der Waals surface area (Å²) in [5.74, 6) is 1.67. The Bertz CT molecular complexity index is 627. The molecule has 2 fully saturated rings. The third-order valence-corrected chi connectivity index (χ3v) is 5.04. The zero-order chi connectivity index (χ0) is 12.3. The maximum absolute atomic E-state index is 5.97. The van der Waals surface area contributed by atoms with E-state index in [0.29, 0.717) is 11.9 Å². The van der Waals surface area contributed by atoms with E-state index >= 15 is 0 Å². The smallest absolute Gasteiger partial charge is 0.150 e. The lowest BCUT2D eigenvalue weighted by atomic mass is 9.87.